The molecule has 2 aliphatic heterocycles. The van der Waals surface area contributed by atoms with Gasteiger partial charge in [-0.15, -0.1) is 11.3 Å². The lowest BCUT2D eigenvalue weighted by atomic mass is 9.98. The first kappa shape index (κ1) is 15.3. The highest BCUT2D eigenvalue weighted by Gasteiger charge is 2.29. The van der Waals surface area contributed by atoms with Gasteiger partial charge in [-0.05, 0) is 48.6 Å². The average molecular weight is 341 g/mol. The van der Waals surface area contributed by atoms with Crippen LogP contribution < -0.4 is 9.47 Å². The Morgan fingerprint density at radius 2 is 2.17 bits per heavy atom. The summed E-state index contributed by atoms with van der Waals surface area (Å²) < 4.78 is 10.8. The van der Waals surface area contributed by atoms with Crippen molar-refractivity contribution in [3.8, 4) is 11.5 Å². The van der Waals surface area contributed by atoms with E-state index in [9.17, 15) is 4.79 Å². The van der Waals surface area contributed by atoms with Crippen molar-refractivity contribution in [2.75, 3.05) is 19.9 Å². The lowest BCUT2D eigenvalue weighted by Crippen LogP contribution is -2.29. The summed E-state index contributed by atoms with van der Waals surface area (Å²) in [6.07, 6.45) is 2.96. The van der Waals surface area contributed by atoms with Gasteiger partial charge in [0.15, 0.2) is 11.5 Å². The van der Waals surface area contributed by atoms with Gasteiger partial charge in [0.25, 0.3) is 0 Å². The molecular weight excluding hydrogens is 322 g/mol. The standard InChI is InChI=1S/C19H19NO3S/c1-13(9-16-3-2-8-24-16)19(21)20-7-6-15(11-20)14-4-5-17-18(10-14)23-12-22-17/h2-5,8-10,15H,6-7,11-12H2,1H3/b13-9+. The van der Waals surface area contributed by atoms with Crippen molar-refractivity contribution in [2.24, 2.45) is 0 Å². The topological polar surface area (TPSA) is 38.8 Å². The van der Waals surface area contributed by atoms with Gasteiger partial charge < -0.3 is 14.4 Å². The van der Waals surface area contributed by atoms with E-state index in [-0.39, 0.29) is 5.91 Å². The van der Waals surface area contributed by atoms with Crippen molar-refractivity contribution < 1.29 is 14.3 Å². The third-order valence-corrected chi connectivity index (χ3v) is 5.40. The van der Waals surface area contributed by atoms with Gasteiger partial charge in [0, 0.05) is 29.5 Å². The molecule has 4 nitrogen and oxygen atoms in total. The van der Waals surface area contributed by atoms with Gasteiger partial charge >= 0.3 is 0 Å². The second-order valence-corrected chi connectivity index (χ2v) is 7.17. The summed E-state index contributed by atoms with van der Waals surface area (Å²) in [5, 5.41) is 2.02. The molecule has 24 heavy (non-hydrogen) atoms. The molecule has 2 aliphatic rings. The first-order valence-corrected chi connectivity index (χ1v) is 8.99. The minimum Gasteiger partial charge on any atom is -0.454 e. The number of hydrogen-bond acceptors (Lipinski definition) is 4. The summed E-state index contributed by atoms with van der Waals surface area (Å²) in [5.41, 5.74) is 2.01. The van der Waals surface area contributed by atoms with Crippen LogP contribution in [-0.4, -0.2) is 30.7 Å². The molecule has 1 atom stereocenters. The Labute approximate surface area is 145 Å². The largest absolute Gasteiger partial charge is 0.454 e. The number of ether oxygens (including phenoxy) is 2. The number of fused-ring (bicyclic) bond motifs is 1. The summed E-state index contributed by atoms with van der Waals surface area (Å²) in [5.74, 6) is 2.11. The highest BCUT2D eigenvalue weighted by Crippen LogP contribution is 2.37. The van der Waals surface area contributed by atoms with E-state index >= 15 is 0 Å². The van der Waals surface area contributed by atoms with Crippen LogP contribution in [0.5, 0.6) is 11.5 Å². The van der Waals surface area contributed by atoms with Crippen LogP contribution in [0.3, 0.4) is 0 Å². The van der Waals surface area contributed by atoms with Crippen LogP contribution in [-0.2, 0) is 4.79 Å². The fourth-order valence-corrected chi connectivity index (χ4v) is 4.00. The average Bonchev–Trinajstić information content (AvgIpc) is 3.33. The maximum atomic E-state index is 12.7. The van der Waals surface area contributed by atoms with Crippen LogP contribution in [0.15, 0.2) is 41.3 Å². The molecule has 1 saturated heterocycles. The first-order chi connectivity index (χ1) is 11.7. The molecule has 0 radical (unpaired) electrons. The van der Waals surface area contributed by atoms with Gasteiger partial charge in [-0.2, -0.15) is 0 Å². The van der Waals surface area contributed by atoms with Gasteiger partial charge in [-0.25, -0.2) is 0 Å². The van der Waals surface area contributed by atoms with Crippen molar-refractivity contribution in [2.45, 2.75) is 19.3 Å². The van der Waals surface area contributed by atoms with Crippen molar-refractivity contribution >= 4 is 23.3 Å². The summed E-state index contributed by atoms with van der Waals surface area (Å²) in [6, 6.07) is 10.1. The highest BCUT2D eigenvalue weighted by molar-refractivity contribution is 7.10. The Morgan fingerprint density at radius 3 is 3.00 bits per heavy atom. The molecule has 1 amide bonds. The highest BCUT2D eigenvalue weighted by atomic mass is 32.1. The lowest BCUT2D eigenvalue weighted by molar-refractivity contribution is -0.126. The number of carbonyl (C=O) groups excluding carboxylic acids is 1. The van der Waals surface area contributed by atoms with E-state index in [2.05, 4.69) is 12.1 Å². The molecule has 1 unspecified atom stereocenters. The van der Waals surface area contributed by atoms with Crippen LogP contribution in [0, 0.1) is 0 Å². The van der Waals surface area contributed by atoms with Crippen molar-refractivity contribution in [1.29, 1.82) is 0 Å². The molecule has 1 aromatic carbocycles. The van der Waals surface area contributed by atoms with E-state index in [1.807, 2.05) is 41.5 Å². The minimum absolute atomic E-state index is 0.131. The molecule has 1 fully saturated rings. The molecular formula is C19H19NO3S. The Hall–Kier alpha value is -2.27. The monoisotopic (exact) mass is 341 g/mol. The molecule has 2 aromatic rings. The molecule has 0 N–H and O–H groups in total. The van der Waals surface area contributed by atoms with Gasteiger partial charge in [0.05, 0.1) is 0 Å². The van der Waals surface area contributed by atoms with E-state index in [1.165, 1.54) is 5.56 Å². The van der Waals surface area contributed by atoms with Crippen LogP contribution in [0.4, 0.5) is 0 Å². The summed E-state index contributed by atoms with van der Waals surface area (Å²) in [7, 11) is 0. The van der Waals surface area contributed by atoms with Gasteiger partial charge in [-0.1, -0.05) is 12.1 Å². The first-order valence-electron chi connectivity index (χ1n) is 8.11. The third kappa shape index (κ3) is 2.91. The Kier molecular flexibility index (Phi) is 4.02. The molecule has 0 aliphatic carbocycles. The van der Waals surface area contributed by atoms with Crippen molar-refractivity contribution in [3.63, 3.8) is 0 Å². The molecule has 0 bridgehead atoms. The van der Waals surface area contributed by atoms with E-state index in [1.54, 1.807) is 11.3 Å². The predicted octanol–water partition coefficient (Wildman–Crippen LogP) is 3.90. The number of thiophene rings is 1. The maximum absolute atomic E-state index is 12.7. The Balaban J connectivity index is 1.45. The van der Waals surface area contributed by atoms with Crippen molar-refractivity contribution in [1.82, 2.24) is 4.90 Å². The van der Waals surface area contributed by atoms with Crippen LogP contribution in [0.2, 0.25) is 0 Å². The number of hydrogen-bond donors (Lipinski definition) is 0. The number of nitrogens with zero attached hydrogens (tertiary/aromatic N) is 1. The minimum atomic E-state index is 0.131. The lowest BCUT2D eigenvalue weighted by Gasteiger charge is -2.17. The molecule has 3 heterocycles. The van der Waals surface area contributed by atoms with Gasteiger partial charge in [-0.3, -0.25) is 4.79 Å². The van der Waals surface area contributed by atoms with Crippen molar-refractivity contribution in [3.05, 3.63) is 51.7 Å². The van der Waals surface area contributed by atoms with Gasteiger partial charge in [0.2, 0.25) is 12.7 Å². The summed E-state index contributed by atoms with van der Waals surface area (Å²) in [6.45, 7) is 3.75. The zero-order valence-electron chi connectivity index (χ0n) is 13.5. The number of rotatable bonds is 3. The van der Waals surface area contributed by atoms with E-state index < -0.39 is 0 Å². The number of carbonyl (C=O) groups is 1. The van der Waals surface area contributed by atoms with E-state index in [0.717, 1.165) is 41.5 Å². The second-order valence-electron chi connectivity index (χ2n) is 6.19. The van der Waals surface area contributed by atoms with E-state index in [0.29, 0.717) is 12.7 Å². The summed E-state index contributed by atoms with van der Waals surface area (Å²) >= 11 is 1.65. The molecule has 0 spiro atoms. The fraction of sp³-hybridized carbons (Fsp3) is 0.316. The quantitative estimate of drug-likeness (QED) is 0.795. The SMILES string of the molecule is C/C(=C\c1cccs1)C(=O)N1CCC(c2ccc3c(c2)OCO3)C1. The number of amides is 1. The summed E-state index contributed by atoms with van der Waals surface area (Å²) in [4.78, 5) is 15.7. The molecule has 124 valence electrons. The zero-order valence-corrected chi connectivity index (χ0v) is 14.3. The number of benzene rings is 1. The Bertz CT molecular complexity index is 782. The second kappa shape index (κ2) is 6.32. The Morgan fingerprint density at radius 1 is 1.29 bits per heavy atom. The maximum Gasteiger partial charge on any atom is 0.249 e. The molecule has 1 aromatic heterocycles. The van der Waals surface area contributed by atoms with Crippen LogP contribution in [0.25, 0.3) is 6.08 Å². The zero-order chi connectivity index (χ0) is 16.5. The molecule has 5 heteroatoms. The normalized spacial score (nSPS) is 19.8. The molecule has 4 rings (SSSR count). The fourth-order valence-electron chi connectivity index (χ4n) is 3.28. The smallest absolute Gasteiger partial charge is 0.249 e. The molecule has 0 saturated carbocycles. The third-order valence-electron chi connectivity index (χ3n) is 4.58. The van der Waals surface area contributed by atoms with Gasteiger partial charge in [0.1, 0.15) is 0 Å². The van der Waals surface area contributed by atoms with Crippen LogP contribution in [0.1, 0.15) is 29.7 Å². The van der Waals surface area contributed by atoms with Crippen LogP contribution >= 0.6 is 11.3 Å². The number of likely N-dealkylation sites (tertiary alicyclic amines) is 1. The van der Waals surface area contributed by atoms with E-state index in [4.69, 9.17) is 9.47 Å². The predicted molar refractivity (Wildman–Crippen MR) is 94.5 cm³/mol.